The molecule has 0 fully saturated rings. The number of benzene rings is 2. The largest absolute Gasteiger partial charge is 0.497 e. The van der Waals surface area contributed by atoms with Crippen LogP contribution in [0.15, 0.2) is 54.6 Å². The molecule has 0 amide bonds. The van der Waals surface area contributed by atoms with Gasteiger partial charge in [0.1, 0.15) is 12.4 Å². The van der Waals surface area contributed by atoms with Crippen molar-refractivity contribution < 1.29 is 29.3 Å². The molecule has 0 bridgehead atoms. The number of hydrogen-bond donors (Lipinski definition) is 4. The SMILES string of the molecule is COc1cc(NC(C)CCCN)c2nc(OCc3ccc(Cl)cc3Cl)ccc2c1.O=C(O)/C=C\C(=O)O. The molecule has 0 saturated carbocycles. The topological polar surface area (TPSA) is 144 Å². The van der Waals surface area contributed by atoms with E-state index in [1.807, 2.05) is 30.3 Å². The molecule has 0 aliphatic heterocycles. The Balaban J connectivity index is 0.000000521. The third-order valence-electron chi connectivity index (χ3n) is 4.98. The van der Waals surface area contributed by atoms with Crippen LogP contribution in [0.25, 0.3) is 10.9 Å². The Labute approximate surface area is 224 Å². The van der Waals surface area contributed by atoms with E-state index in [0.29, 0.717) is 41.2 Å². The second-order valence-corrected chi connectivity index (χ2v) is 8.75. The van der Waals surface area contributed by atoms with Crippen LogP contribution < -0.4 is 20.5 Å². The average molecular weight is 550 g/mol. The van der Waals surface area contributed by atoms with Crippen LogP contribution in [0.3, 0.4) is 0 Å². The lowest BCUT2D eigenvalue weighted by molar-refractivity contribution is -0.134. The highest BCUT2D eigenvalue weighted by Gasteiger charge is 2.11. The number of ether oxygens (including phenoxy) is 2. The number of rotatable bonds is 11. The van der Waals surface area contributed by atoms with Crippen molar-refractivity contribution in [1.29, 1.82) is 0 Å². The number of methoxy groups -OCH3 is 1. The molecule has 0 spiro atoms. The van der Waals surface area contributed by atoms with Crippen molar-refractivity contribution in [2.75, 3.05) is 19.0 Å². The standard InChI is InChI=1S/C22H25Cl2N3O2.C4H4O4/c1-14(4-3-9-25)26-20-12-18(28-2)10-15-6-8-21(27-22(15)20)29-13-16-5-7-17(23)11-19(16)24;5-3(6)1-2-4(7)8/h5-8,10-12,14,26H,3-4,9,13,25H2,1-2H3;1-2H,(H,5,6)(H,7,8)/b;2-1-. The van der Waals surface area contributed by atoms with E-state index in [4.69, 9.17) is 53.6 Å². The molecule has 3 rings (SSSR count). The Bertz CT molecular complexity index is 1240. The number of nitrogens with two attached hydrogens (primary N) is 1. The summed E-state index contributed by atoms with van der Waals surface area (Å²) >= 11 is 12.2. The summed E-state index contributed by atoms with van der Waals surface area (Å²) < 4.78 is 11.3. The van der Waals surface area contributed by atoms with E-state index in [1.165, 1.54) is 0 Å². The first kappa shape index (κ1) is 29.7. The van der Waals surface area contributed by atoms with Gasteiger partial charge in [-0.2, -0.15) is 0 Å². The van der Waals surface area contributed by atoms with E-state index in [1.54, 1.807) is 19.2 Å². The van der Waals surface area contributed by atoms with Gasteiger partial charge in [-0.05, 0) is 50.6 Å². The van der Waals surface area contributed by atoms with Gasteiger partial charge in [-0.1, -0.05) is 29.3 Å². The highest BCUT2D eigenvalue weighted by atomic mass is 35.5. The molecule has 9 nitrogen and oxygen atoms in total. The predicted molar refractivity (Wildman–Crippen MR) is 145 cm³/mol. The van der Waals surface area contributed by atoms with Gasteiger partial charge in [0.05, 0.1) is 18.3 Å². The van der Waals surface area contributed by atoms with Gasteiger partial charge >= 0.3 is 11.9 Å². The van der Waals surface area contributed by atoms with Crippen LogP contribution in [0.2, 0.25) is 10.0 Å². The maximum atomic E-state index is 9.55. The Morgan fingerprint density at radius 3 is 2.41 bits per heavy atom. The van der Waals surface area contributed by atoms with Crippen LogP contribution in [-0.2, 0) is 16.2 Å². The van der Waals surface area contributed by atoms with Crippen molar-refractivity contribution in [1.82, 2.24) is 4.98 Å². The molecular formula is C26H29Cl2N3O6. The molecule has 1 atom stereocenters. The first-order valence-electron chi connectivity index (χ1n) is 11.3. The second-order valence-electron chi connectivity index (χ2n) is 7.91. The molecule has 1 unspecified atom stereocenters. The summed E-state index contributed by atoms with van der Waals surface area (Å²) in [4.78, 5) is 23.8. The zero-order valence-corrected chi connectivity index (χ0v) is 21.9. The molecule has 0 aliphatic carbocycles. The summed E-state index contributed by atoms with van der Waals surface area (Å²) in [6.45, 7) is 3.11. The van der Waals surface area contributed by atoms with Crippen LogP contribution >= 0.6 is 23.2 Å². The number of nitrogens with one attached hydrogen (secondary N) is 1. The smallest absolute Gasteiger partial charge is 0.328 e. The summed E-state index contributed by atoms with van der Waals surface area (Å²) in [6, 6.07) is 13.3. The molecule has 11 heteroatoms. The lowest BCUT2D eigenvalue weighted by Crippen LogP contribution is -2.17. The molecule has 198 valence electrons. The minimum Gasteiger partial charge on any atom is -0.497 e. The number of anilines is 1. The fourth-order valence-electron chi connectivity index (χ4n) is 3.19. The molecule has 0 radical (unpaired) electrons. The van der Waals surface area contributed by atoms with Crippen LogP contribution in [0.1, 0.15) is 25.3 Å². The molecule has 1 heterocycles. The quantitative estimate of drug-likeness (QED) is 0.231. The number of pyridine rings is 1. The van der Waals surface area contributed by atoms with Gasteiger partial charge in [0.2, 0.25) is 5.88 Å². The van der Waals surface area contributed by atoms with Crippen molar-refractivity contribution >= 4 is 51.7 Å². The maximum Gasteiger partial charge on any atom is 0.328 e. The number of nitrogens with zero attached hydrogens (tertiary/aromatic N) is 1. The van der Waals surface area contributed by atoms with Crippen molar-refractivity contribution in [3.63, 3.8) is 0 Å². The highest BCUT2D eigenvalue weighted by molar-refractivity contribution is 6.35. The van der Waals surface area contributed by atoms with Crippen LogP contribution in [0, 0.1) is 0 Å². The number of aliphatic carboxylic acids is 2. The number of halogens is 2. The Morgan fingerprint density at radius 2 is 1.81 bits per heavy atom. The molecule has 1 aromatic heterocycles. The minimum absolute atomic E-state index is 0.258. The van der Waals surface area contributed by atoms with Gasteiger partial charge in [0.25, 0.3) is 0 Å². The van der Waals surface area contributed by atoms with Crippen LogP contribution in [-0.4, -0.2) is 46.8 Å². The van der Waals surface area contributed by atoms with E-state index in [-0.39, 0.29) is 6.04 Å². The van der Waals surface area contributed by atoms with Crippen LogP contribution in [0.5, 0.6) is 11.6 Å². The van der Waals surface area contributed by atoms with Crippen molar-refractivity contribution in [3.8, 4) is 11.6 Å². The Hall–Kier alpha value is -3.53. The molecule has 0 aliphatic rings. The molecule has 3 aromatic rings. The van der Waals surface area contributed by atoms with Gasteiger partial charge in [0, 0.05) is 51.3 Å². The van der Waals surface area contributed by atoms with E-state index < -0.39 is 11.9 Å². The normalized spacial score (nSPS) is 11.5. The van der Waals surface area contributed by atoms with Crippen molar-refractivity contribution in [3.05, 3.63) is 70.2 Å². The molecule has 37 heavy (non-hydrogen) atoms. The number of hydrogen-bond acceptors (Lipinski definition) is 7. The summed E-state index contributed by atoms with van der Waals surface area (Å²) in [6.07, 6.45) is 3.05. The molecule has 0 saturated heterocycles. The zero-order chi connectivity index (χ0) is 27.4. The summed E-state index contributed by atoms with van der Waals surface area (Å²) in [7, 11) is 1.66. The fourth-order valence-corrected chi connectivity index (χ4v) is 3.66. The van der Waals surface area contributed by atoms with Crippen molar-refractivity contribution in [2.45, 2.75) is 32.4 Å². The second kappa shape index (κ2) is 14.9. The van der Waals surface area contributed by atoms with E-state index >= 15 is 0 Å². The van der Waals surface area contributed by atoms with Gasteiger partial charge in [-0.15, -0.1) is 0 Å². The maximum absolute atomic E-state index is 9.55. The predicted octanol–water partition coefficient (Wildman–Crippen LogP) is 5.38. The monoisotopic (exact) mass is 549 g/mol. The van der Waals surface area contributed by atoms with Gasteiger partial charge in [0.15, 0.2) is 0 Å². The van der Waals surface area contributed by atoms with Gasteiger partial charge < -0.3 is 30.7 Å². The lowest BCUT2D eigenvalue weighted by atomic mass is 10.1. The fraction of sp³-hybridized carbons (Fsp3) is 0.269. The summed E-state index contributed by atoms with van der Waals surface area (Å²) in [5.41, 5.74) is 8.21. The van der Waals surface area contributed by atoms with Crippen molar-refractivity contribution in [2.24, 2.45) is 5.73 Å². The summed E-state index contributed by atoms with van der Waals surface area (Å²) in [5.74, 6) is -1.22. The molecule has 5 N–H and O–H groups in total. The highest BCUT2D eigenvalue weighted by Crippen LogP contribution is 2.31. The third kappa shape index (κ3) is 10.2. The molecule has 2 aromatic carbocycles. The molecular weight excluding hydrogens is 521 g/mol. The number of fused-ring (bicyclic) bond motifs is 1. The summed E-state index contributed by atoms with van der Waals surface area (Å²) in [5, 5.41) is 21.3. The minimum atomic E-state index is -1.26. The Morgan fingerprint density at radius 1 is 1.11 bits per heavy atom. The van der Waals surface area contributed by atoms with E-state index in [2.05, 4.69) is 12.2 Å². The number of aromatic nitrogens is 1. The lowest BCUT2D eigenvalue weighted by Gasteiger charge is -2.18. The first-order chi connectivity index (χ1) is 17.6. The van der Waals surface area contributed by atoms with E-state index in [9.17, 15) is 9.59 Å². The van der Waals surface area contributed by atoms with E-state index in [0.717, 1.165) is 40.7 Å². The van der Waals surface area contributed by atoms with Crippen LogP contribution in [0.4, 0.5) is 5.69 Å². The zero-order valence-electron chi connectivity index (χ0n) is 20.4. The third-order valence-corrected chi connectivity index (χ3v) is 5.57. The number of carboxylic acids is 2. The first-order valence-corrected chi connectivity index (χ1v) is 12.0. The Kier molecular flexibility index (Phi) is 12.0. The van der Waals surface area contributed by atoms with Gasteiger partial charge in [-0.3, -0.25) is 0 Å². The number of carboxylic acid groups (broad SMARTS) is 2. The number of carbonyl (C=O) groups is 2. The van der Waals surface area contributed by atoms with Gasteiger partial charge in [-0.25, -0.2) is 14.6 Å². The average Bonchev–Trinajstić information content (AvgIpc) is 2.86.